The number of rotatable bonds is 3. The third kappa shape index (κ3) is 2.18. The number of carbonyl (C=O) groups excluding carboxylic acids is 1. The number of nitrogens with one attached hydrogen (secondary N) is 2. The van der Waals surface area contributed by atoms with E-state index in [0.717, 1.165) is 4.52 Å². The highest BCUT2D eigenvalue weighted by molar-refractivity contribution is 5.97. The Hall–Kier alpha value is -3.04. The summed E-state index contributed by atoms with van der Waals surface area (Å²) in [7, 11) is 0. The van der Waals surface area contributed by atoms with Crippen molar-refractivity contribution in [2.45, 2.75) is 0 Å². The van der Waals surface area contributed by atoms with Gasteiger partial charge in [0.2, 0.25) is 5.88 Å². The molecule has 0 aliphatic heterocycles. The summed E-state index contributed by atoms with van der Waals surface area (Å²) in [5.41, 5.74) is 3.97. The van der Waals surface area contributed by atoms with Gasteiger partial charge in [0.05, 0.1) is 0 Å². The molecule has 2 aromatic heterocycles. The van der Waals surface area contributed by atoms with Crippen LogP contribution in [-0.2, 0) is 4.79 Å². The third-order valence-electron chi connectivity index (χ3n) is 2.25. The van der Waals surface area contributed by atoms with Crippen molar-refractivity contribution in [3.8, 4) is 5.88 Å². The van der Waals surface area contributed by atoms with E-state index in [1.165, 1.54) is 6.07 Å². The molecule has 1 amide bonds. The average molecular weight is 267 g/mol. The smallest absolute Gasteiger partial charge is 0.322 e. The van der Waals surface area contributed by atoms with Gasteiger partial charge in [-0.15, -0.1) is 5.10 Å². The lowest BCUT2D eigenvalue weighted by Crippen LogP contribution is -2.34. The number of nitrogen functional groups attached to an aromatic ring is 1. The van der Waals surface area contributed by atoms with Gasteiger partial charge in [0, 0.05) is 6.07 Å². The molecule has 10 nitrogen and oxygen atoms in total. The molecule has 2 aromatic rings. The summed E-state index contributed by atoms with van der Waals surface area (Å²) in [4.78, 5) is 35.9. The number of hydrogen-bond donors (Lipinski definition) is 5. The molecule has 0 spiro atoms. The van der Waals surface area contributed by atoms with Crippen LogP contribution in [0.25, 0.3) is 5.65 Å². The lowest BCUT2D eigenvalue weighted by molar-refractivity contribution is -0.135. The van der Waals surface area contributed by atoms with Gasteiger partial charge in [-0.2, -0.15) is 4.52 Å². The zero-order chi connectivity index (χ0) is 14.2. The van der Waals surface area contributed by atoms with Gasteiger partial charge in [-0.25, -0.2) is 0 Å². The molecule has 100 valence electrons. The molecule has 6 N–H and O–H groups in total. The van der Waals surface area contributed by atoms with Crippen LogP contribution >= 0.6 is 0 Å². The molecule has 19 heavy (non-hydrogen) atoms. The molecule has 0 aromatic carbocycles. The summed E-state index contributed by atoms with van der Waals surface area (Å²) in [5.74, 6) is -3.00. The van der Waals surface area contributed by atoms with E-state index in [9.17, 15) is 19.5 Å². The van der Waals surface area contributed by atoms with E-state index in [1.54, 1.807) is 0 Å². The van der Waals surface area contributed by atoms with Gasteiger partial charge in [-0.3, -0.25) is 14.4 Å². The maximum atomic E-state index is 11.6. The van der Waals surface area contributed by atoms with E-state index in [1.807, 2.05) is 5.32 Å². The second-order valence-corrected chi connectivity index (χ2v) is 3.60. The van der Waals surface area contributed by atoms with Gasteiger partial charge in [-0.1, -0.05) is 0 Å². The van der Waals surface area contributed by atoms with Crippen molar-refractivity contribution in [3.05, 3.63) is 22.0 Å². The molecule has 0 saturated heterocycles. The van der Waals surface area contributed by atoms with E-state index in [0.29, 0.717) is 0 Å². The normalized spacial score (nSPS) is 10.5. The van der Waals surface area contributed by atoms with Crippen LogP contribution in [0.4, 0.5) is 5.82 Å². The van der Waals surface area contributed by atoms with Gasteiger partial charge in [0.25, 0.3) is 11.5 Å². The van der Waals surface area contributed by atoms with Crippen LogP contribution in [0.15, 0.2) is 10.9 Å². The number of aromatic nitrogens is 3. The lowest BCUT2D eigenvalue weighted by Gasteiger charge is -2.05. The molecule has 0 fully saturated rings. The number of aromatic amines is 1. The molecule has 0 unspecified atom stereocenters. The predicted octanol–water partition coefficient (Wildman–Crippen LogP) is -1.88. The molecule has 0 radical (unpaired) electrons. The van der Waals surface area contributed by atoms with Crippen molar-refractivity contribution >= 4 is 23.3 Å². The number of hydrogen-bond acceptors (Lipinski definition) is 6. The molecule has 2 rings (SSSR count). The number of aliphatic carboxylic acids is 1. The monoisotopic (exact) mass is 267 g/mol. The Morgan fingerprint density at radius 1 is 1.53 bits per heavy atom. The number of H-pyrrole nitrogens is 1. The van der Waals surface area contributed by atoms with Gasteiger partial charge >= 0.3 is 5.97 Å². The van der Waals surface area contributed by atoms with Crippen LogP contribution in [0.3, 0.4) is 0 Å². The van der Waals surface area contributed by atoms with Crippen LogP contribution in [0, 0.1) is 0 Å². The van der Waals surface area contributed by atoms with Crippen LogP contribution < -0.4 is 16.6 Å². The first-order valence-corrected chi connectivity index (χ1v) is 5.00. The summed E-state index contributed by atoms with van der Waals surface area (Å²) in [6.45, 7) is -0.684. The fourth-order valence-electron chi connectivity index (χ4n) is 1.49. The Labute approximate surface area is 104 Å². The Kier molecular flexibility index (Phi) is 2.83. The van der Waals surface area contributed by atoms with Crippen LogP contribution in [0.1, 0.15) is 10.4 Å². The second-order valence-electron chi connectivity index (χ2n) is 3.60. The van der Waals surface area contributed by atoms with Crippen molar-refractivity contribution < 1.29 is 19.8 Å². The number of aromatic hydroxyl groups is 1. The summed E-state index contributed by atoms with van der Waals surface area (Å²) >= 11 is 0. The van der Waals surface area contributed by atoms with Crippen LogP contribution in [-0.4, -0.2) is 43.2 Å². The van der Waals surface area contributed by atoms with Gasteiger partial charge in [0.15, 0.2) is 5.56 Å². The van der Waals surface area contributed by atoms with Crippen molar-refractivity contribution in [2.75, 3.05) is 12.3 Å². The largest absolute Gasteiger partial charge is 0.492 e. The van der Waals surface area contributed by atoms with Crippen LogP contribution in [0.2, 0.25) is 0 Å². The first-order valence-electron chi connectivity index (χ1n) is 5.00. The number of nitrogens with two attached hydrogens (primary N) is 1. The SMILES string of the molecule is Nc1cc2[nH]c(=O)c(C(=O)NCC(=O)O)c(O)n2n1. The fourth-order valence-corrected chi connectivity index (χ4v) is 1.49. The lowest BCUT2D eigenvalue weighted by atomic mass is 10.3. The van der Waals surface area contributed by atoms with E-state index in [2.05, 4.69) is 10.1 Å². The maximum absolute atomic E-state index is 11.6. The standard InChI is InChI=1S/C9H9N5O5/c10-3-1-4-12-8(18)6(9(19)14(4)13-3)7(17)11-2-5(15)16/h1,19H,2H2,(H2,10,13)(H,11,17)(H,12,18)(H,15,16). The number of carboxylic acids is 1. The first kappa shape index (κ1) is 12.4. The number of amides is 1. The van der Waals surface area contributed by atoms with Crippen molar-refractivity contribution in [1.29, 1.82) is 0 Å². The quantitative estimate of drug-likeness (QED) is 0.434. The topological polar surface area (TPSA) is 163 Å². The Balaban J connectivity index is 2.51. The maximum Gasteiger partial charge on any atom is 0.322 e. The average Bonchev–Trinajstić information content (AvgIpc) is 2.67. The molecule has 0 saturated carbocycles. The molecular formula is C9H9N5O5. The zero-order valence-electron chi connectivity index (χ0n) is 9.38. The minimum absolute atomic E-state index is 0.0362. The Bertz CT molecular complexity index is 730. The number of anilines is 1. The predicted molar refractivity (Wildman–Crippen MR) is 61.9 cm³/mol. The van der Waals surface area contributed by atoms with E-state index < -0.39 is 35.4 Å². The molecule has 0 bridgehead atoms. The summed E-state index contributed by atoms with van der Waals surface area (Å²) < 4.78 is 0.867. The third-order valence-corrected chi connectivity index (χ3v) is 2.25. The van der Waals surface area contributed by atoms with Crippen molar-refractivity contribution in [3.63, 3.8) is 0 Å². The highest BCUT2D eigenvalue weighted by Gasteiger charge is 2.20. The summed E-state index contributed by atoms with van der Waals surface area (Å²) in [6.07, 6.45) is 0. The van der Waals surface area contributed by atoms with Crippen molar-refractivity contribution in [1.82, 2.24) is 19.9 Å². The van der Waals surface area contributed by atoms with E-state index >= 15 is 0 Å². The first-order chi connectivity index (χ1) is 8.90. The number of fused-ring (bicyclic) bond motifs is 1. The van der Waals surface area contributed by atoms with E-state index in [4.69, 9.17) is 10.8 Å². The van der Waals surface area contributed by atoms with Gasteiger partial charge in [-0.05, 0) is 0 Å². The van der Waals surface area contributed by atoms with Gasteiger partial charge < -0.3 is 26.2 Å². The summed E-state index contributed by atoms with van der Waals surface area (Å²) in [6, 6.07) is 1.29. The molecule has 0 atom stereocenters. The minimum atomic E-state index is -1.28. The molecule has 0 aliphatic rings. The molecule has 2 heterocycles. The van der Waals surface area contributed by atoms with Crippen molar-refractivity contribution in [2.24, 2.45) is 0 Å². The van der Waals surface area contributed by atoms with Crippen LogP contribution in [0.5, 0.6) is 5.88 Å². The fraction of sp³-hybridized carbons (Fsp3) is 0.111. The second kappa shape index (κ2) is 4.33. The minimum Gasteiger partial charge on any atom is -0.492 e. The summed E-state index contributed by atoms with van der Waals surface area (Å²) in [5, 5.41) is 23.9. The zero-order valence-corrected chi connectivity index (χ0v) is 9.38. The number of nitrogens with zero attached hydrogens (tertiary/aromatic N) is 2. The highest BCUT2D eigenvalue weighted by Crippen LogP contribution is 2.15. The van der Waals surface area contributed by atoms with E-state index in [-0.39, 0.29) is 11.5 Å². The van der Waals surface area contributed by atoms with Gasteiger partial charge in [0.1, 0.15) is 18.0 Å². The molecular weight excluding hydrogens is 258 g/mol. The Morgan fingerprint density at radius 3 is 2.84 bits per heavy atom. The molecule has 0 aliphatic carbocycles. The Morgan fingerprint density at radius 2 is 2.21 bits per heavy atom. The number of carbonyl (C=O) groups is 2. The highest BCUT2D eigenvalue weighted by atomic mass is 16.4. The number of carboxylic acid groups (broad SMARTS) is 1. The molecule has 10 heteroatoms.